The molecule has 0 N–H and O–H groups in total. The number of carbonyl (C=O) groups is 1. The third-order valence-electron chi connectivity index (χ3n) is 5.55. The van der Waals surface area contributed by atoms with Gasteiger partial charge in [0.25, 0.3) is 0 Å². The second kappa shape index (κ2) is 8.80. The number of ether oxygens (including phenoxy) is 2. The van der Waals surface area contributed by atoms with E-state index in [1.807, 2.05) is 30.3 Å². The predicted molar refractivity (Wildman–Crippen MR) is 127 cm³/mol. The lowest BCUT2D eigenvalue weighted by Gasteiger charge is -2.29. The van der Waals surface area contributed by atoms with Crippen molar-refractivity contribution in [1.82, 2.24) is 4.90 Å². The van der Waals surface area contributed by atoms with Gasteiger partial charge in [-0.3, -0.25) is 9.69 Å². The van der Waals surface area contributed by atoms with Crippen molar-refractivity contribution in [3.8, 4) is 11.5 Å². The molecule has 0 unspecified atom stereocenters. The van der Waals surface area contributed by atoms with Crippen LogP contribution in [0.15, 0.2) is 60.4 Å². The van der Waals surface area contributed by atoms with Crippen LogP contribution in [0.3, 0.4) is 0 Å². The van der Waals surface area contributed by atoms with Crippen LogP contribution in [0.5, 0.6) is 11.5 Å². The van der Waals surface area contributed by atoms with Crippen LogP contribution in [0.1, 0.15) is 27.0 Å². The number of nitrogens with zero attached hydrogens (tertiary/aromatic N) is 1. The maximum absolute atomic E-state index is 12.9. The maximum atomic E-state index is 12.9. The monoisotopic (exact) mass is 485 g/mol. The highest BCUT2D eigenvalue weighted by Gasteiger charge is 2.33. The molecule has 2 aliphatic heterocycles. The van der Waals surface area contributed by atoms with Crippen LogP contribution < -0.4 is 9.47 Å². The van der Waals surface area contributed by atoms with E-state index >= 15 is 0 Å². The fourth-order valence-corrected chi connectivity index (χ4v) is 4.27. The highest BCUT2D eigenvalue weighted by Crippen LogP contribution is 2.42. The number of allylic oxidation sites excluding steroid dienone is 1. The lowest BCUT2D eigenvalue weighted by molar-refractivity contribution is 0.0950. The first kappa shape index (κ1) is 21.4. The molecule has 0 saturated carbocycles. The zero-order chi connectivity index (χ0) is 22.2. The maximum Gasteiger partial charge on any atom is 0.231 e. The van der Waals surface area contributed by atoms with E-state index in [1.165, 1.54) is 5.56 Å². The molecule has 7 heteroatoms. The fraction of sp³-hybridized carbons (Fsp3) is 0.160. The second-order valence-electron chi connectivity index (χ2n) is 7.73. The van der Waals surface area contributed by atoms with E-state index in [0.717, 1.165) is 34.9 Å². The molecule has 0 atom stereocenters. The molecule has 3 aromatic rings. The summed E-state index contributed by atoms with van der Waals surface area (Å²) in [5.41, 5.74) is 3.37. The van der Waals surface area contributed by atoms with Crippen molar-refractivity contribution < 1.29 is 14.3 Å². The average molecular weight is 487 g/mol. The average Bonchev–Trinajstić information content (AvgIpc) is 3.11. The summed E-state index contributed by atoms with van der Waals surface area (Å²) in [5.74, 6) is 1.40. The van der Waals surface area contributed by atoms with Gasteiger partial charge in [0, 0.05) is 18.1 Å². The Morgan fingerprint density at radius 3 is 2.56 bits per heavy atom. The summed E-state index contributed by atoms with van der Waals surface area (Å²) in [5, 5.41) is 1.61. The summed E-state index contributed by atoms with van der Waals surface area (Å²) < 4.78 is 12.0. The summed E-state index contributed by atoms with van der Waals surface area (Å²) in [4.78, 5) is 15.1. The number of hydrogen-bond acceptors (Lipinski definition) is 4. The van der Waals surface area contributed by atoms with Gasteiger partial charge in [0.1, 0.15) is 18.2 Å². The lowest BCUT2D eigenvalue weighted by atomic mass is 10.0. The summed E-state index contributed by atoms with van der Waals surface area (Å²) in [7, 11) is 0. The van der Waals surface area contributed by atoms with Gasteiger partial charge in [0.15, 0.2) is 5.76 Å². The van der Waals surface area contributed by atoms with E-state index in [1.54, 1.807) is 30.3 Å². The van der Waals surface area contributed by atoms with Gasteiger partial charge in [0.05, 0.1) is 21.2 Å². The molecule has 3 aromatic carbocycles. The van der Waals surface area contributed by atoms with Crippen LogP contribution in [0.2, 0.25) is 15.1 Å². The van der Waals surface area contributed by atoms with E-state index in [4.69, 9.17) is 44.3 Å². The Kier molecular flexibility index (Phi) is 5.87. The smallest absolute Gasteiger partial charge is 0.231 e. The highest BCUT2D eigenvalue weighted by molar-refractivity contribution is 6.42. The van der Waals surface area contributed by atoms with Crippen molar-refractivity contribution >= 4 is 46.7 Å². The van der Waals surface area contributed by atoms with Crippen LogP contribution in [0, 0.1) is 0 Å². The quantitative estimate of drug-likeness (QED) is 0.387. The molecule has 5 rings (SSSR count). The van der Waals surface area contributed by atoms with Crippen molar-refractivity contribution in [1.29, 1.82) is 0 Å². The Labute approximate surface area is 200 Å². The first-order chi connectivity index (χ1) is 15.5. The first-order valence-electron chi connectivity index (χ1n) is 10.1. The number of benzene rings is 3. The van der Waals surface area contributed by atoms with E-state index in [0.29, 0.717) is 34.6 Å². The molecule has 32 heavy (non-hydrogen) atoms. The molecule has 0 bridgehead atoms. The minimum Gasteiger partial charge on any atom is -0.478 e. The number of rotatable bonds is 4. The normalized spacial score (nSPS) is 16.5. The van der Waals surface area contributed by atoms with Gasteiger partial charge < -0.3 is 9.47 Å². The third kappa shape index (κ3) is 4.24. The third-order valence-corrected chi connectivity index (χ3v) is 6.54. The zero-order valence-electron chi connectivity index (χ0n) is 16.9. The molecule has 162 valence electrons. The van der Waals surface area contributed by atoms with Crippen LogP contribution in [0.25, 0.3) is 6.08 Å². The Hall–Kier alpha value is -2.50. The van der Waals surface area contributed by atoms with Crippen molar-refractivity contribution in [3.05, 3.63) is 97.7 Å². The number of Topliss-reactive ketones (excluding diaryl/α,β-unsaturated/α-hetero) is 1. The number of hydrogen-bond donors (Lipinski definition) is 0. The second-order valence-corrected chi connectivity index (χ2v) is 8.99. The molecule has 0 fully saturated rings. The molecule has 0 saturated heterocycles. The van der Waals surface area contributed by atoms with Crippen LogP contribution in [0.4, 0.5) is 0 Å². The fourth-order valence-electron chi connectivity index (χ4n) is 3.84. The molecule has 0 aromatic heterocycles. The van der Waals surface area contributed by atoms with Crippen molar-refractivity contribution in [3.63, 3.8) is 0 Å². The molecule has 0 amide bonds. The minimum atomic E-state index is -0.160. The minimum absolute atomic E-state index is 0.160. The van der Waals surface area contributed by atoms with Gasteiger partial charge in [0.2, 0.25) is 5.78 Å². The van der Waals surface area contributed by atoms with Gasteiger partial charge in [-0.05, 0) is 60.0 Å². The van der Waals surface area contributed by atoms with Crippen LogP contribution >= 0.6 is 34.8 Å². The van der Waals surface area contributed by atoms with Crippen molar-refractivity contribution in [2.75, 3.05) is 13.3 Å². The predicted octanol–water partition coefficient (Wildman–Crippen LogP) is 6.66. The summed E-state index contributed by atoms with van der Waals surface area (Å²) in [6.45, 7) is 1.93. The standard InChI is InChI=1S/C25H18Cl3NO3/c26-17-4-1-15(2-5-17)9-10-29-13-19-22(31-14-29)8-6-18-24(30)23(32-25(18)19)12-16-3-7-20(27)21(28)11-16/h1-8,11-12H,9-10,13-14H2/b23-12-. The van der Waals surface area contributed by atoms with Crippen molar-refractivity contribution in [2.45, 2.75) is 13.0 Å². The number of fused-ring (bicyclic) bond motifs is 3. The number of ketones is 1. The topological polar surface area (TPSA) is 38.8 Å². The van der Waals surface area contributed by atoms with Gasteiger partial charge in [-0.2, -0.15) is 0 Å². The molecule has 0 spiro atoms. The molecular formula is C25H18Cl3NO3. The van der Waals surface area contributed by atoms with Gasteiger partial charge in [-0.15, -0.1) is 0 Å². The largest absolute Gasteiger partial charge is 0.478 e. The van der Waals surface area contributed by atoms with Gasteiger partial charge in [-0.25, -0.2) is 0 Å². The summed E-state index contributed by atoms with van der Waals surface area (Å²) in [6, 6.07) is 16.6. The molecule has 2 aliphatic rings. The Morgan fingerprint density at radius 1 is 0.969 bits per heavy atom. The van der Waals surface area contributed by atoms with E-state index < -0.39 is 0 Å². The first-order valence-corrected chi connectivity index (χ1v) is 11.3. The van der Waals surface area contributed by atoms with Crippen LogP contribution in [-0.2, 0) is 13.0 Å². The SMILES string of the molecule is O=C1/C(=C/c2ccc(Cl)c(Cl)c2)Oc2c1ccc1c2CN(CCc2ccc(Cl)cc2)CO1. The zero-order valence-corrected chi connectivity index (χ0v) is 19.2. The van der Waals surface area contributed by atoms with E-state index in [-0.39, 0.29) is 11.5 Å². The Bertz CT molecular complexity index is 1240. The lowest BCUT2D eigenvalue weighted by Crippen LogP contribution is -2.33. The molecular weight excluding hydrogens is 469 g/mol. The van der Waals surface area contributed by atoms with Crippen LogP contribution in [-0.4, -0.2) is 24.0 Å². The summed E-state index contributed by atoms with van der Waals surface area (Å²) in [6.07, 6.45) is 2.55. The highest BCUT2D eigenvalue weighted by atomic mass is 35.5. The van der Waals surface area contributed by atoms with Crippen molar-refractivity contribution in [2.24, 2.45) is 0 Å². The number of carbonyl (C=O) groups excluding carboxylic acids is 1. The van der Waals surface area contributed by atoms with E-state index in [2.05, 4.69) is 4.90 Å². The molecule has 0 radical (unpaired) electrons. The van der Waals surface area contributed by atoms with Gasteiger partial charge in [-0.1, -0.05) is 53.0 Å². The van der Waals surface area contributed by atoms with E-state index in [9.17, 15) is 4.79 Å². The number of halogens is 3. The molecule has 2 heterocycles. The molecule has 4 nitrogen and oxygen atoms in total. The summed E-state index contributed by atoms with van der Waals surface area (Å²) >= 11 is 18.1. The molecule has 0 aliphatic carbocycles. The Morgan fingerprint density at radius 2 is 1.78 bits per heavy atom. The van der Waals surface area contributed by atoms with Gasteiger partial charge >= 0.3 is 0 Å². The Balaban J connectivity index is 1.36.